The molecule has 2 unspecified atom stereocenters. The van der Waals surface area contributed by atoms with Gasteiger partial charge in [-0.25, -0.2) is 0 Å². The molecule has 3 N–H and O–H groups in total. The van der Waals surface area contributed by atoms with Gasteiger partial charge in [0.15, 0.2) is 5.78 Å². The summed E-state index contributed by atoms with van der Waals surface area (Å²) in [7, 11) is 1.76. The molecule has 0 rings (SSSR count). The van der Waals surface area contributed by atoms with E-state index < -0.39 is 0 Å². The molecule has 5 heteroatoms. The maximum Gasteiger partial charge on any atom is 0.211 e. The molecule has 0 radical (unpaired) electrons. The molecule has 0 saturated heterocycles. The van der Waals surface area contributed by atoms with Crippen molar-refractivity contribution in [3.8, 4) is 0 Å². The van der Waals surface area contributed by atoms with E-state index in [0.717, 1.165) is 19.4 Å². The minimum Gasteiger partial charge on any atom is -0.393 e. The van der Waals surface area contributed by atoms with Crippen LogP contribution in [0.25, 0.3) is 0 Å². The molecule has 2 atom stereocenters. The quantitative estimate of drug-likeness (QED) is 0.492. The van der Waals surface area contributed by atoms with Crippen LogP contribution in [0.5, 0.6) is 0 Å². The van der Waals surface area contributed by atoms with Crippen LogP contribution in [0.4, 0.5) is 0 Å². The summed E-state index contributed by atoms with van der Waals surface area (Å²) >= 11 is 0. The Balaban J connectivity index is 4.77. The maximum absolute atomic E-state index is 12.3. The topological polar surface area (TPSA) is 70.2 Å². The Morgan fingerprint density at radius 3 is 2.47 bits per heavy atom. The first-order chi connectivity index (χ1) is 9.10. The van der Waals surface area contributed by atoms with Crippen LogP contribution < -0.4 is 16.0 Å². The van der Waals surface area contributed by atoms with E-state index in [-0.39, 0.29) is 17.7 Å². The molecule has 0 saturated carbocycles. The summed E-state index contributed by atoms with van der Waals surface area (Å²) in [4.78, 5) is 22.9. The number of carbonyl (C=O) groups is 2. The molecule has 0 aromatic heterocycles. The van der Waals surface area contributed by atoms with Gasteiger partial charge in [0, 0.05) is 31.3 Å². The molecule has 0 fully saturated rings. The molecule has 0 aliphatic rings. The fourth-order valence-electron chi connectivity index (χ4n) is 1.77. The summed E-state index contributed by atoms with van der Waals surface area (Å²) in [5.41, 5.74) is 0.711. The van der Waals surface area contributed by atoms with E-state index in [1.54, 1.807) is 13.2 Å². The molecule has 0 aromatic carbocycles. The lowest BCUT2D eigenvalue weighted by Crippen LogP contribution is -2.41. The van der Waals surface area contributed by atoms with E-state index in [9.17, 15) is 9.59 Å². The highest BCUT2D eigenvalue weighted by Gasteiger charge is 2.23. The highest BCUT2D eigenvalue weighted by molar-refractivity contribution is 5.86. The molecule has 5 nitrogen and oxygen atoms in total. The zero-order valence-corrected chi connectivity index (χ0v) is 12.5. The predicted octanol–water partition coefficient (Wildman–Crippen LogP) is 1.17. The summed E-state index contributed by atoms with van der Waals surface area (Å²) in [6, 6.07) is -0.248. The minimum atomic E-state index is -0.248. The lowest BCUT2D eigenvalue weighted by Gasteiger charge is -2.21. The minimum absolute atomic E-state index is 0.0291. The van der Waals surface area contributed by atoms with Crippen LogP contribution in [0, 0.1) is 5.92 Å². The van der Waals surface area contributed by atoms with Crippen molar-refractivity contribution >= 4 is 12.2 Å². The van der Waals surface area contributed by atoms with Crippen molar-refractivity contribution in [2.45, 2.75) is 46.1 Å². The van der Waals surface area contributed by atoms with Gasteiger partial charge in [-0.3, -0.25) is 9.59 Å². The number of amides is 1. The second kappa shape index (κ2) is 10.6. The third kappa shape index (κ3) is 6.96. The Labute approximate surface area is 116 Å². The number of ketones is 1. The van der Waals surface area contributed by atoms with Gasteiger partial charge in [-0.05, 0) is 19.4 Å². The van der Waals surface area contributed by atoms with Crippen molar-refractivity contribution in [1.82, 2.24) is 16.0 Å². The summed E-state index contributed by atoms with van der Waals surface area (Å²) in [5, 5.41) is 8.76. The van der Waals surface area contributed by atoms with Gasteiger partial charge in [0.2, 0.25) is 6.41 Å². The van der Waals surface area contributed by atoms with Crippen molar-refractivity contribution in [2.75, 3.05) is 13.6 Å². The number of hydrogen-bond acceptors (Lipinski definition) is 4. The van der Waals surface area contributed by atoms with E-state index in [1.165, 1.54) is 0 Å². The second-order valence-electron chi connectivity index (χ2n) is 4.64. The first-order valence-corrected chi connectivity index (χ1v) is 6.94. The fraction of sp³-hybridized carbons (Fsp3) is 0.714. The van der Waals surface area contributed by atoms with Gasteiger partial charge in [0.25, 0.3) is 0 Å². The average Bonchev–Trinajstić information content (AvgIpc) is 2.42. The molecule has 1 amide bonds. The molecule has 0 aliphatic carbocycles. The van der Waals surface area contributed by atoms with Crippen molar-refractivity contribution in [3.05, 3.63) is 11.9 Å². The van der Waals surface area contributed by atoms with Crippen LogP contribution in [0.2, 0.25) is 0 Å². The Morgan fingerprint density at radius 2 is 2.00 bits per heavy atom. The molecule has 19 heavy (non-hydrogen) atoms. The van der Waals surface area contributed by atoms with Gasteiger partial charge >= 0.3 is 0 Å². The number of carbonyl (C=O) groups excluding carboxylic acids is 2. The standard InChI is InChI=1S/C14H27N3O2/c1-5-7-16-13(14(19)11(3)6-2)8-12(9-15-4)17-10-18/h9-11,13,15-16H,5-8H2,1-4H3,(H,17,18)/b12-9-. The van der Waals surface area contributed by atoms with Gasteiger partial charge in [0.05, 0.1) is 6.04 Å². The summed E-state index contributed by atoms with van der Waals surface area (Å²) in [6.07, 6.45) is 4.63. The van der Waals surface area contributed by atoms with Gasteiger partial charge < -0.3 is 16.0 Å². The van der Waals surface area contributed by atoms with Crippen LogP contribution in [-0.2, 0) is 9.59 Å². The molecular formula is C14H27N3O2. The van der Waals surface area contributed by atoms with E-state index in [2.05, 4.69) is 22.9 Å². The third-order valence-electron chi connectivity index (χ3n) is 3.07. The largest absolute Gasteiger partial charge is 0.393 e. The second-order valence-corrected chi connectivity index (χ2v) is 4.64. The van der Waals surface area contributed by atoms with E-state index in [4.69, 9.17) is 0 Å². The van der Waals surface area contributed by atoms with E-state index >= 15 is 0 Å². The number of Topliss-reactive ketones (excluding diaryl/α,β-unsaturated/α-hetero) is 1. The summed E-state index contributed by atoms with van der Waals surface area (Å²) < 4.78 is 0. The fourth-order valence-corrected chi connectivity index (χ4v) is 1.77. The molecule has 110 valence electrons. The van der Waals surface area contributed by atoms with E-state index in [1.807, 2.05) is 13.8 Å². The predicted molar refractivity (Wildman–Crippen MR) is 77.5 cm³/mol. The van der Waals surface area contributed by atoms with Crippen molar-refractivity contribution in [1.29, 1.82) is 0 Å². The Kier molecular flexibility index (Phi) is 9.80. The van der Waals surface area contributed by atoms with Crippen LogP contribution >= 0.6 is 0 Å². The average molecular weight is 269 g/mol. The number of hydrogen-bond donors (Lipinski definition) is 3. The monoisotopic (exact) mass is 269 g/mol. The summed E-state index contributed by atoms with van der Waals surface area (Å²) in [5.74, 6) is 0.229. The van der Waals surface area contributed by atoms with Gasteiger partial charge in [-0.15, -0.1) is 0 Å². The first kappa shape index (κ1) is 17.6. The van der Waals surface area contributed by atoms with E-state index in [0.29, 0.717) is 18.5 Å². The van der Waals surface area contributed by atoms with Crippen LogP contribution in [0.15, 0.2) is 11.9 Å². The number of rotatable bonds is 11. The Morgan fingerprint density at radius 1 is 1.32 bits per heavy atom. The smallest absolute Gasteiger partial charge is 0.211 e. The maximum atomic E-state index is 12.3. The van der Waals surface area contributed by atoms with Gasteiger partial charge in [-0.1, -0.05) is 20.8 Å². The van der Waals surface area contributed by atoms with Crippen molar-refractivity contribution in [3.63, 3.8) is 0 Å². The SMILES string of the molecule is CCCNC(C/C(=C/NC)NC=O)C(=O)C(C)CC. The van der Waals surface area contributed by atoms with Crippen LogP contribution in [0.3, 0.4) is 0 Å². The highest BCUT2D eigenvalue weighted by Crippen LogP contribution is 2.11. The Bertz CT molecular complexity index is 303. The third-order valence-corrected chi connectivity index (χ3v) is 3.07. The highest BCUT2D eigenvalue weighted by atomic mass is 16.1. The lowest BCUT2D eigenvalue weighted by molar-refractivity contribution is -0.124. The van der Waals surface area contributed by atoms with Gasteiger partial charge in [0.1, 0.15) is 0 Å². The van der Waals surface area contributed by atoms with Crippen LogP contribution in [-0.4, -0.2) is 31.8 Å². The summed E-state index contributed by atoms with van der Waals surface area (Å²) in [6.45, 7) is 6.80. The molecule has 0 spiro atoms. The Hall–Kier alpha value is -1.36. The molecule has 0 bridgehead atoms. The van der Waals surface area contributed by atoms with Crippen LogP contribution in [0.1, 0.15) is 40.0 Å². The lowest BCUT2D eigenvalue weighted by atomic mass is 9.94. The molecule has 0 aromatic rings. The normalized spacial score (nSPS) is 14.6. The van der Waals surface area contributed by atoms with Gasteiger partial charge in [-0.2, -0.15) is 0 Å². The zero-order valence-electron chi connectivity index (χ0n) is 12.5. The zero-order chi connectivity index (χ0) is 14.7. The molecule has 0 aliphatic heterocycles. The number of nitrogens with one attached hydrogen (secondary N) is 3. The molecule has 0 heterocycles. The van der Waals surface area contributed by atoms with Crippen molar-refractivity contribution in [2.24, 2.45) is 5.92 Å². The first-order valence-electron chi connectivity index (χ1n) is 6.94. The molecular weight excluding hydrogens is 242 g/mol. The van der Waals surface area contributed by atoms with Crippen molar-refractivity contribution < 1.29 is 9.59 Å².